The number of rotatable bonds is 8. The van der Waals surface area contributed by atoms with Crippen molar-refractivity contribution in [2.45, 2.75) is 152 Å². The topological polar surface area (TPSA) is 215 Å². The number of nitrogens with zero attached hydrogens (tertiary/aromatic N) is 1. The molecule has 4 N–H and O–H groups in total. The van der Waals surface area contributed by atoms with Gasteiger partial charge in [0.05, 0.1) is 59.6 Å². The second-order valence-electron chi connectivity index (χ2n) is 17.0. The summed E-state index contributed by atoms with van der Waals surface area (Å²) in [6, 6.07) is -1.13. The minimum Gasteiger partial charge on any atom is -0.481 e. The van der Waals surface area contributed by atoms with Gasteiger partial charge in [-0.05, 0) is 52.4 Å². The van der Waals surface area contributed by atoms with E-state index in [2.05, 4.69) is 10.1 Å². The number of carboxylic acids is 1. The highest BCUT2D eigenvalue weighted by Gasteiger charge is 2.45. The van der Waals surface area contributed by atoms with Gasteiger partial charge < -0.3 is 44.5 Å². The zero-order chi connectivity index (χ0) is 43.0. The molecule has 15 nitrogen and oxygen atoms in total. The molecule has 0 aromatic rings. The van der Waals surface area contributed by atoms with Crippen molar-refractivity contribution in [2.75, 3.05) is 34.5 Å². The molecule has 18 heteroatoms. The minimum atomic E-state index is -1.00. The van der Waals surface area contributed by atoms with Gasteiger partial charge >= 0.3 is 29.8 Å². The molecule has 2 fully saturated rings. The Morgan fingerprint density at radius 2 is 1.16 bits per heavy atom. The van der Waals surface area contributed by atoms with Crippen LogP contribution in [0.25, 0.3) is 0 Å². The lowest BCUT2D eigenvalue weighted by Gasteiger charge is -2.34. The zero-order valence-corrected chi connectivity index (χ0v) is 36.0. The van der Waals surface area contributed by atoms with Crippen LogP contribution in [-0.2, 0) is 47.7 Å². The first kappa shape index (κ1) is 59.7. The van der Waals surface area contributed by atoms with Crippen LogP contribution in [0, 0.1) is 22.7 Å². The normalized spacial score (nSPS) is 20.2. The van der Waals surface area contributed by atoms with Crippen LogP contribution in [0.1, 0.15) is 118 Å². The number of aliphatic hydroxyl groups excluding tert-OH is 2. The molecule has 0 aromatic carbocycles. The third kappa shape index (κ3) is 24.6. The van der Waals surface area contributed by atoms with Crippen molar-refractivity contribution in [1.29, 1.82) is 0 Å². The van der Waals surface area contributed by atoms with Crippen molar-refractivity contribution in [2.24, 2.45) is 22.7 Å². The molecule has 1 amide bonds. The summed E-state index contributed by atoms with van der Waals surface area (Å²) in [5, 5.41) is 30.7. The summed E-state index contributed by atoms with van der Waals surface area (Å²) in [4.78, 5) is 71.9. The maximum absolute atomic E-state index is 13.1. The SMILES string of the molecule is C.CC(C)(C)OC(=O)C[C@H](C(=O)O)C(C)(C)C.COC(=O)[C@@H]1C[C@H](O)CN1.COC(=O)[C@@H]1C[C@H](O)CN1C(=O)[C@@H](CC(=O)OC(C)(C)C)C(C)(C)C.Cl.[2H]CF.[B]. The van der Waals surface area contributed by atoms with Crippen LogP contribution in [0.15, 0.2) is 0 Å². The Bertz CT molecular complexity index is 1240. The van der Waals surface area contributed by atoms with Crippen molar-refractivity contribution in [3.05, 3.63) is 0 Å². The Morgan fingerprint density at radius 1 is 0.768 bits per heavy atom. The van der Waals surface area contributed by atoms with Crippen molar-refractivity contribution in [1.82, 2.24) is 10.2 Å². The number of hydrogen-bond acceptors (Lipinski definition) is 13. The minimum absolute atomic E-state index is 0. The van der Waals surface area contributed by atoms with Crippen LogP contribution in [-0.4, -0.2) is 134 Å². The monoisotopic (exact) mass is 830 g/mol. The molecule has 0 aromatic heterocycles. The molecular weight excluding hydrogens is 758 g/mol. The molecule has 0 saturated carbocycles. The predicted octanol–water partition coefficient (Wildman–Crippen LogP) is 4.13. The van der Waals surface area contributed by atoms with Crippen LogP contribution in [0.5, 0.6) is 0 Å². The number of aliphatic hydroxyl groups is 2. The Balaban J connectivity index is -0.000000242. The molecular formula is C38H72BClFN2O13. The number of hydrogen-bond donors (Lipinski definition) is 4. The van der Waals surface area contributed by atoms with Crippen molar-refractivity contribution >= 4 is 56.6 Å². The van der Waals surface area contributed by atoms with Crippen LogP contribution >= 0.6 is 12.4 Å². The Morgan fingerprint density at radius 3 is 1.46 bits per heavy atom. The molecule has 2 rings (SSSR count). The van der Waals surface area contributed by atoms with Crippen molar-refractivity contribution in [3.8, 4) is 0 Å². The first-order valence-electron chi connectivity index (χ1n) is 18.1. The summed E-state index contributed by atoms with van der Waals surface area (Å²) in [5.74, 6) is -4.47. The van der Waals surface area contributed by atoms with Crippen molar-refractivity contribution in [3.63, 3.8) is 0 Å². The van der Waals surface area contributed by atoms with Gasteiger partial charge in [0.25, 0.3) is 0 Å². The summed E-state index contributed by atoms with van der Waals surface area (Å²) in [6.07, 6.45) is -0.746. The van der Waals surface area contributed by atoms with E-state index in [9.17, 15) is 38.3 Å². The molecule has 2 heterocycles. The lowest BCUT2D eigenvalue weighted by molar-refractivity contribution is -0.162. The number of esters is 4. The molecule has 2 saturated heterocycles. The van der Waals surface area contributed by atoms with Gasteiger partial charge in [-0.3, -0.25) is 28.4 Å². The molecule has 6 atom stereocenters. The smallest absolute Gasteiger partial charge is 0.328 e. The Labute approximate surface area is 343 Å². The van der Waals surface area contributed by atoms with Crippen LogP contribution < -0.4 is 5.32 Å². The highest BCUT2D eigenvalue weighted by molar-refractivity contribution is 5.89. The first-order valence-corrected chi connectivity index (χ1v) is 17.4. The summed E-state index contributed by atoms with van der Waals surface area (Å²) < 4.78 is 35.2. The van der Waals surface area contributed by atoms with E-state index in [0.717, 1.165) is 0 Å². The molecule has 329 valence electrons. The van der Waals surface area contributed by atoms with E-state index < -0.39 is 83.1 Å². The molecule has 0 spiro atoms. The lowest BCUT2D eigenvalue weighted by Crippen LogP contribution is -2.48. The second-order valence-corrected chi connectivity index (χ2v) is 17.0. The standard InChI is InChI=1S/C18H31NO6.C12H22O4.C6H11NO3.CH3F.CH4.B.ClH/c1-17(2,3)12(9-14(21)25-18(4,5)6)15(22)19-10-11(20)8-13(19)16(23)24-7;1-11(2,3)8(10(14)15)7-9(13)16-12(4,5)6;1-10-6(9)5-2-4(8)3-7-5;1-2;;;/h11-13,20H,8-10H2,1-7H3;8H,7H2,1-6H3,(H,14,15);4-5,7-8H,2-3H2,1H3;1H3;1H4;;1H/t11-,12+,13-;8-;4-,5-;;;;/m010..../s1/i;;;1D;;;. The number of likely N-dealkylation sites (tertiary alicyclic amines) is 1. The van der Waals surface area contributed by atoms with Gasteiger partial charge in [-0.1, -0.05) is 49.0 Å². The number of β-amino-alcohol motifs (C(OH)–C–C–N with tert-alkyl or cyclic N) is 2. The third-order valence-electron chi connectivity index (χ3n) is 7.90. The van der Waals surface area contributed by atoms with Gasteiger partial charge in [0, 0.05) is 34.3 Å². The van der Waals surface area contributed by atoms with E-state index in [1.54, 1.807) is 62.3 Å². The van der Waals surface area contributed by atoms with Gasteiger partial charge in [-0.25, -0.2) is 4.79 Å². The number of ether oxygens (including phenoxy) is 4. The fraction of sp³-hybridized carbons (Fsp3) is 0.842. The molecule has 0 unspecified atom stereocenters. The van der Waals surface area contributed by atoms with Gasteiger partial charge in [0.2, 0.25) is 5.91 Å². The number of methoxy groups -OCH3 is 2. The number of aliphatic carboxylic acids is 1. The lowest BCUT2D eigenvalue weighted by atomic mass is 9.77. The van der Waals surface area contributed by atoms with Crippen LogP contribution in [0.4, 0.5) is 4.39 Å². The first-order chi connectivity index (χ1) is 24.3. The number of carboxylic acid groups (broad SMARTS) is 1. The highest BCUT2D eigenvalue weighted by Crippen LogP contribution is 2.34. The third-order valence-corrected chi connectivity index (χ3v) is 7.90. The summed E-state index contributed by atoms with van der Waals surface area (Å²) in [6.45, 7) is 22.1. The van der Waals surface area contributed by atoms with E-state index in [1.165, 1.54) is 19.1 Å². The number of alkyl halides is 1. The number of halogens is 2. The van der Waals surface area contributed by atoms with Gasteiger partial charge in [0.1, 0.15) is 23.3 Å². The van der Waals surface area contributed by atoms with Crippen LogP contribution in [0.2, 0.25) is 0 Å². The van der Waals surface area contributed by atoms with E-state index in [1.807, 2.05) is 20.8 Å². The molecule has 2 aliphatic rings. The molecule has 3 radical (unpaired) electrons. The number of carbonyl (C=O) groups excluding carboxylic acids is 5. The average molecular weight is 831 g/mol. The van der Waals surface area contributed by atoms with E-state index in [4.69, 9.17) is 25.8 Å². The summed E-state index contributed by atoms with van der Waals surface area (Å²) in [5.41, 5.74) is -2.18. The van der Waals surface area contributed by atoms with Gasteiger partial charge in [0.15, 0.2) is 0 Å². The molecule has 0 bridgehead atoms. The van der Waals surface area contributed by atoms with Gasteiger partial charge in [-0.15, -0.1) is 12.4 Å². The predicted molar refractivity (Wildman–Crippen MR) is 214 cm³/mol. The largest absolute Gasteiger partial charge is 0.481 e. The molecule has 56 heavy (non-hydrogen) atoms. The quantitative estimate of drug-likeness (QED) is 0.154. The number of carbonyl (C=O) groups is 6. The van der Waals surface area contributed by atoms with E-state index in [0.29, 0.717) is 13.0 Å². The Hall–Kier alpha value is -3.02. The second kappa shape index (κ2) is 26.8. The van der Waals surface area contributed by atoms with E-state index >= 15 is 0 Å². The Kier molecular flexibility index (Phi) is 28.6. The number of amides is 1. The molecule has 2 aliphatic heterocycles. The van der Waals surface area contributed by atoms with Crippen molar-refractivity contribution < 1.29 is 68.8 Å². The van der Waals surface area contributed by atoms with Gasteiger partial charge in [-0.2, -0.15) is 0 Å². The summed E-state index contributed by atoms with van der Waals surface area (Å²) >= 11 is 0. The van der Waals surface area contributed by atoms with E-state index in [-0.39, 0.29) is 72.0 Å². The molecule has 0 aliphatic carbocycles. The summed E-state index contributed by atoms with van der Waals surface area (Å²) in [7, 11) is 1.59. The average Bonchev–Trinajstić information content (AvgIpc) is 3.61. The highest BCUT2D eigenvalue weighted by atomic mass is 35.5. The zero-order valence-electron chi connectivity index (χ0n) is 36.1. The fourth-order valence-electron chi connectivity index (χ4n) is 5.28. The van der Waals surface area contributed by atoms with Crippen LogP contribution in [0.3, 0.4) is 0 Å². The maximum atomic E-state index is 13.1. The maximum Gasteiger partial charge on any atom is 0.328 e. The number of nitrogens with one attached hydrogen (secondary N) is 1. The fourth-order valence-corrected chi connectivity index (χ4v) is 5.28.